The first kappa shape index (κ1) is 22.2. The fourth-order valence-electron chi connectivity index (χ4n) is 4.37. The van der Waals surface area contributed by atoms with E-state index in [0.29, 0.717) is 40.1 Å². The Morgan fingerprint density at radius 2 is 1.85 bits per heavy atom. The lowest BCUT2D eigenvalue weighted by Crippen LogP contribution is -2.28. The monoisotopic (exact) mass is 476 g/mol. The molecule has 1 aliphatic rings. The number of fused-ring (bicyclic) bond motifs is 2. The van der Waals surface area contributed by atoms with Gasteiger partial charge in [-0.2, -0.15) is 0 Å². The average molecular weight is 477 g/mol. The fraction of sp³-hybridized carbons (Fsp3) is 0.240. The average Bonchev–Trinajstić information content (AvgIpc) is 3.37. The number of hydrogen-bond donors (Lipinski definition) is 2. The molecule has 1 amide bonds. The van der Waals surface area contributed by atoms with Crippen molar-refractivity contribution in [2.24, 2.45) is 0 Å². The Morgan fingerprint density at radius 3 is 2.56 bits per heavy atom. The Hall–Kier alpha value is -3.56. The van der Waals surface area contributed by atoms with Crippen LogP contribution in [0.1, 0.15) is 42.2 Å². The number of amides is 1. The molecule has 1 unspecified atom stereocenters. The van der Waals surface area contributed by atoms with E-state index in [-0.39, 0.29) is 23.5 Å². The van der Waals surface area contributed by atoms with Crippen LogP contribution in [0.5, 0.6) is 0 Å². The van der Waals surface area contributed by atoms with E-state index < -0.39 is 15.1 Å². The maximum Gasteiger partial charge on any atom is 0.259 e. The zero-order valence-corrected chi connectivity index (χ0v) is 19.6. The normalized spacial score (nSPS) is 15.9. The first-order valence-corrected chi connectivity index (χ1v) is 12.6. The summed E-state index contributed by atoms with van der Waals surface area (Å²) in [5.41, 5.74) is 4.41. The molecule has 0 spiro atoms. The molecule has 5 rings (SSSR count). The SMILES string of the molecule is CC(C)S(=O)(=O)c1ccc(-c2cnc3[nH]cc(N4C(=O)c5ccccc5C4CCO)c3n2)cc1. The number of aromatic nitrogens is 3. The maximum absolute atomic E-state index is 13.3. The third kappa shape index (κ3) is 3.48. The third-order valence-corrected chi connectivity index (χ3v) is 8.37. The summed E-state index contributed by atoms with van der Waals surface area (Å²) < 4.78 is 24.9. The van der Waals surface area contributed by atoms with Crippen LogP contribution < -0.4 is 4.90 Å². The molecule has 1 atom stereocenters. The van der Waals surface area contributed by atoms with E-state index in [4.69, 9.17) is 4.98 Å². The summed E-state index contributed by atoms with van der Waals surface area (Å²) in [6.45, 7) is 3.24. The molecule has 2 aromatic heterocycles. The van der Waals surface area contributed by atoms with E-state index in [1.807, 2.05) is 18.2 Å². The van der Waals surface area contributed by atoms with Crippen LogP contribution in [-0.4, -0.2) is 46.2 Å². The van der Waals surface area contributed by atoms with Crippen LogP contribution >= 0.6 is 0 Å². The Balaban J connectivity index is 1.56. The second-order valence-electron chi connectivity index (χ2n) is 8.53. The smallest absolute Gasteiger partial charge is 0.259 e. The van der Waals surface area contributed by atoms with Gasteiger partial charge in [-0.15, -0.1) is 0 Å². The number of nitrogens with one attached hydrogen (secondary N) is 1. The molecule has 3 heterocycles. The predicted molar refractivity (Wildman–Crippen MR) is 129 cm³/mol. The van der Waals surface area contributed by atoms with Gasteiger partial charge < -0.3 is 10.1 Å². The molecule has 1 aliphatic heterocycles. The molecular weight excluding hydrogens is 452 g/mol. The van der Waals surface area contributed by atoms with Crippen molar-refractivity contribution >= 4 is 32.6 Å². The van der Waals surface area contributed by atoms with Crippen molar-refractivity contribution in [3.63, 3.8) is 0 Å². The maximum atomic E-state index is 13.3. The fourth-order valence-corrected chi connectivity index (χ4v) is 5.43. The van der Waals surface area contributed by atoms with Crippen molar-refractivity contribution in [1.82, 2.24) is 15.0 Å². The molecule has 8 nitrogen and oxygen atoms in total. The number of hydrogen-bond acceptors (Lipinski definition) is 6. The topological polar surface area (TPSA) is 116 Å². The Kier molecular flexibility index (Phi) is 5.45. The minimum Gasteiger partial charge on any atom is -0.396 e. The first-order chi connectivity index (χ1) is 16.3. The highest BCUT2D eigenvalue weighted by atomic mass is 32.2. The van der Waals surface area contributed by atoms with Crippen molar-refractivity contribution in [2.45, 2.75) is 36.5 Å². The van der Waals surface area contributed by atoms with Gasteiger partial charge in [0, 0.05) is 23.9 Å². The van der Waals surface area contributed by atoms with Gasteiger partial charge in [-0.05, 0) is 44.0 Å². The number of carbonyl (C=O) groups is 1. The summed E-state index contributed by atoms with van der Waals surface area (Å²) in [7, 11) is -3.37. The van der Waals surface area contributed by atoms with Gasteiger partial charge in [0.15, 0.2) is 15.5 Å². The van der Waals surface area contributed by atoms with Gasteiger partial charge in [0.25, 0.3) is 5.91 Å². The molecule has 0 fully saturated rings. The summed E-state index contributed by atoms with van der Waals surface area (Å²) >= 11 is 0. The number of sulfone groups is 1. The number of H-pyrrole nitrogens is 1. The molecule has 0 saturated carbocycles. The summed E-state index contributed by atoms with van der Waals surface area (Å²) in [4.78, 5) is 27.5. The number of aliphatic hydroxyl groups is 1. The summed E-state index contributed by atoms with van der Waals surface area (Å²) in [5.74, 6) is -0.148. The summed E-state index contributed by atoms with van der Waals surface area (Å²) in [6, 6.07) is 13.7. The van der Waals surface area contributed by atoms with Crippen molar-refractivity contribution in [1.29, 1.82) is 0 Å². The lowest BCUT2D eigenvalue weighted by Gasteiger charge is -2.24. The predicted octanol–water partition coefficient (Wildman–Crippen LogP) is 3.89. The van der Waals surface area contributed by atoms with Gasteiger partial charge in [0.05, 0.1) is 33.8 Å². The van der Waals surface area contributed by atoms with Gasteiger partial charge in [0.1, 0.15) is 5.52 Å². The second-order valence-corrected chi connectivity index (χ2v) is 11.0. The molecular formula is C25H24N4O4S. The number of aliphatic hydroxyl groups excluding tert-OH is 1. The van der Waals surface area contributed by atoms with Crippen LogP contribution in [-0.2, 0) is 9.84 Å². The van der Waals surface area contributed by atoms with Gasteiger partial charge in [0.2, 0.25) is 0 Å². The second kappa shape index (κ2) is 8.34. The van der Waals surface area contributed by atoms with Gasteiger partial charge in [-0.1, -0.05) is 30.3 Å². The van der Waals surface area contributed by atoms with Crippen LogP contribution in [0, 0.1) is 0 Å². The van der Waals surface area contributed by atoms with Crippen LogP contribution in [0.4, 0.5) is 5.69 Å². The minimum atomic E-state index is -3.37. The van der Waals surface area contributed by atoms with Crippen molar-refractivity contribution in [2.75, 3.05) is 11.5 Å². The summed E-state index contributed by atoms with van der Waals surface area (Å²) in [6.07, 6.45) is 3.72. The highest BCUT2D eigenvalue weighted by Crippen LogP contribution is 2.41. The largest absolute Gasteiger partial charge is 0.396 e. The zero-order chi connectivity index (χ0) is 24.0. The minimum absolute atomic E-state index is 0.0618. The highest BCUT2D eigenvalue weighted by molar-refractivity contribution is 7.92. The van der Waals surface area contributed by atoms with Crippen LogP contribution in [0.25, 0.3) is 22.4 Å². The number of rotatable bonds is 6. The van der Waals surface area contributed by atoms with Gasteiger partial charge >= 0.3 is 0 Å². The lowest BCUT2D eigenvalue weighted by molar-refractivity contribution is 0.0989. The Labute approximate surface area is 197 Å². The molecule has 4 aromatic rings. The van der Waals surface area contributed by atoms with Gasteiger partial charge in [-0.25, -0.2) is 18.4 Å². The molecule has 2 N–H and O–H groups in total. The van der Waals surface area contributed by atoms with E-state index >= 15 is 0 Å². The van der Waals surface area contributed by atoms with Gasteiger partial charge in [-0.3, -0.25) is 9.69 Å². The number of carbonyl (C=O) groups excluding carboxylic acids is 1. The number of anilines is 1. The molecule has 0 radical (unpaired) electrons. The highest BCUT2D eigenvalue weighted by Gasteiger charge is 2.38. The first-order valence-electron chi connectivity index (χ1n) is 11.0. The molecule has 34 heavy (non-hydrogen) atoms. The van der Waals surface area contributed by atoms with Crippen LogP contribution in [0.2, 0.25) is 0 Å². The van der Waals surface area contributed by atoms with Crippen LogP contribution in [0.3, 0.4) is 0 Å². The molecule has 0 saturated heterocycles. The number of benzene rings is 2. The Bertz CT molecular complexity index is 1490. The van der Waals surface area contributed by atoms with E-state index in [1.54, 1.807) is 61.5 Å². The Morgan fingerprint density at radius 1 is 1.12 bits per heavy atom. The van der Waals surface area contributed by atoms with E-state index in [2.05, 4.69) is 9.97 Å². The number of nitrogens with zero attached hydrogens (tertiary/aromatic N) is 3. The van der Waals surface area contributed by atoms with E-state index in [9.17, 15) is 18.3 Å². The van der Waals surface area contributed by atoms with E-state index in [1.165, 1.54) is 0 Å². The molecule has 2 aromatic carbocycles. The zero-order valence-electron chi connectivity index (χ0n) is 18.8. The quantitative estimate of drug-likeness (QED) is 0.436. The van der Waals surface area contributed by atoms with Crippen molar-refractivity contribution in [3.05, 3.63) is 72.1 Å². The van der Waals surface area contributed by atoms with Crippen molar-refractivity contribution < 1.29 is 18.3 Å². The summed E-state index contributed by atoms with van der Waals surface area (Å²) in [5, 5.41) is 9.15. The van der Waals surface area contributed by atoms with Crippen LogP contribution in [0.15, 0.2) is 65.8 Å². The molecule has 0 bridgehead atoms. The lowest BCUT2D eigenvalue weighted by atomic mass is 10.0. The molecule has 174 valence electrons. The van der Waals surface area contributed by atoms with Crippen molar-refractivity contribution in [3.8, 4) is 11.3 Å². The number of aromatic amines is 1. The molecule has 9 heteroatoms. The van der Waals surface area contributed by atoms with E-state index in [0.717, 1.165) is 5.56 Å². The third-order valence-electron chi connectivity index (χ3n) is 6.20. The molecule has 0 aliphatic carbocycles. The standard InChI is InChI=1S/C25H24N4O4S/c1-15(2)34(32,33)17-9-7-16(8-10-17)20-13-26-24-23(28-20)22(14-27-24)29-21(11-12-30)18-5-3-4-6-19(18)25(29)31/h3-10,13-15,21,30H,11-12H2,1-2H3,(H,26,27).